The van der Waals surface area contributed by atoms with E-state index in [1.54, 1.807) is 30.5 Å². The zero-order valence-corrected chi connectivity index (χ0v) is 20.3. The first-order valence-electron chi connectivity index (χ1n) is 10.6. The molecular weight excluding hydrogens is 468 g/mol. The second kappa shape index (κ2) is 9.51. The number of hydrogen-bond donors (Lipinski definition) is 1. The number of benzene rings is 2. The molecule has 0 saturated carbocycles. The van der Waals surface area contributed by atoms with Crippen LogP contribution in [0, 0.1) is 30.9 Å². The van der Waals surface area contributed by atoms with E-state index >= 15 is 0 Å². The van der Waals surface area contributed by atoms with Gasteiger partial charge in [-0.05, 0) is 56.7 Å². The molecule has 0 fully saturated rings. The molecule has 178 valence electrons. The van der Waals surface area contributed by atoms with Crippen molar-refractivity contribution in [3.05, 3.63) is 91.6 Å². The van der Waals surface area contributed by atoms with Crippen LogP contribution in [0.5, 0.6) is 0 Å². The minimum absolute atomic E-state index is 0.0250. The van der Waals surface area contributed by atoms with Crippen LogP contribution in [0.4, 0.5) is 5.69 Å². The summed E-state index contributed by atoms with van der Waals surface area (Å²) in [4.78, 5) is 35.5. The largest absolute Gasteiger partial charge is 0.465 e. The SMILES string of the molecule is COC(=O)c1ccc(C)c(-n2c(C)cc(/C=N\NC(=O)c3cc4cc([N+](=O)[O-])ccc4s3)c2C)c1. The Morgan fingerprint density at radius 2 is 1.89 bits per heavy atom. The fraction of sp³-hybridized carbons (Fsp3) is 0.160. The lowest BCUT2D eigenvalue weighted by atomic mass is 10.1. The van der Waals surface area contributed by atoms with Crippen molar-refractivity contribution in [2.75, 3.05) is 7.11 Å². The van der Waals surface area contributed by atoms with E-state index in [1.165, 1.54) is 30.6 Å². The van der Waals surface area contributed by atoms with Gasteiger partial charge in [-0.1, -0.05) is 6.07 Å². The molecule has 0 radical (unpaired) electrons. The lowest BCUT2D eigenvalue weighted by molar-refractivity contribution is -0.384. The highest BCUT2D eigenvalue weighted by molar-refractivity contribution is 7.20. The molecule has 0 spiro atoms. The zero-order chi connectivity index (χ0) is 25.3. The van der Waals surface area contributed by atoms with Crippen molar-refractivity contribution < 1.29 is 19.2 Å². The molecule has 2 aromatic heterocycles. The lowest BCUT2D eigenvalue weighted by Crippen LogP contribution is -2.16. The van der Waals surface area contributed by atoms with Gasteiger partial charge < -0.3 is 9.30 Å². The Bertz CT molecular complexity index is 1520. The summed E-state index contributed by atoms with van der Waals surface area (Å²) in [7, 11) is 1.35. The van der Waals surface area contributed by atoms with Gasteiger partial charge in [-0.3, -0.25) is 14.9 Å². The van der Waals surface area contributed by atoms with Gasteiger partial charge in [0, 0.05) is 44.9 Å². The maximum Gasteiger partial charge on any atom is 0.337 e. The van der Waals surface area contributed by atoms with E-state index in [9.17, 15) is 19.7 Å². The Balaban J connectivity index is 1.56. The van der Waals surface area contributed by atoms with Gasteiger partial charge in [0.05, 0.1) is 28.7 Å². The number of methoxy groups -OCH3 is 1. The van der Waals surface area contributed by atoms with Gasteiger partial charge >= 0.3 is 5.97 Å². The van der Waals surface area contributed by atoms with Crippen molar-refractivity contribution in [2.24, 2.45) is 5.10 Å². The molecule has 0 aliphatic rings. The second-order valence-corrected chi connectivity index (χ2v) is 9.03. The van der Waals surface area contributed by atoms with Crippen molar-refractivity contribution in [3.63, 3.8) is 0 Å². The Kier molecular flexibility index (Phi) is 6.48. The quantitative estimate of drug-likeness (QED) is 0.175. The van der Waals surface area contributed by atoms with Crippen molar-refractivity contribution in [2.45, 2.75) is 20.8 Å². The van der Waals surface area contributed by atoms with E-state index in [0.29, 0.717) is 15.8 Å². The number of non-ortho nitro benzene ring substituents is 1. The molecule has 4 aromatic rings. The molecule has 10 heteroatoms. The maximum atomic E-state index is 12.6. The molecular formula is C25H22N4O5S. The average Bonchev–Trinajstić information content (AvgIpc) is 3.39. The van der Waals surface area contributed by atoms with E-state index < -0.39 is 16.8 Å². The molecule has 9 nitrogen and oxygen atoms in total. The van der Waals surface area contributed by atoms with Crippen LogP contribution in [0.3, 0.4) is 0 Å². The number of esters is 1. The van der Waals surface area contributed by atoms with Crippen molar-refractivity contribution in [1.82, 2.24) is 9.99 Å². The van der Waals surface area contributed by atoms with Gasteiger partial charge in [0.2, 0.25) is 0 Å². The number of nitro benzene ring substituents is 1. The monoisotopic (exact) mass is 490 g/mol. The summed E-state index contributed by atoms with van der Waals surface area (Å²) in [5, 5.41) is 15.7. The number of thiophene rings is 1. The number of aryl methyl sites for hydroxylation is 2. The number of rotatable bonds is 6. The first kappa shape index (κ1) is 23.8. The summed E-state index contributed by atoms with van der Waals surface area (Å²) in [6, 6.07) is 13.4. The number of hydrogen-bond acceptors (Lipinski definition) is 7. The minimum atomic E-state index is -0.467. The van der Waals surface area contributed by atoms with Crippen LogP contribution >= 0.6 is 11.3 Å². The normalized spacial score (nSPS) is 11.2. The third-order valence-electron chi connectivity index (χ3n) is 5.65. The number of nitro groups is 1. The molecule has 2 aromatic carbocycles. The number of carbonyl (C=O) groups excluding carboxylic acids is 2. The summed E-state index contributed by atoms with van der Waals surface area (Å²) < 4.78 is 7.64. The Morgan fingerprint density at radius 1 is 1.11 bits per heavy atom. The molecule has 0 unspecified atom stereocenters. The molecule has 0 bridgehead atoms. The fourth-order valence-corrected chi connectivity index (χ4v) is 4.79. The maximum absolute atomic E-state index is 12.6. The minimum Gasteiger partial charge on any atom is -0.465 e. The molecule has 1 N–H and O–H groups in total. The van der Waals surface area contributed by atoms with Crippen molar-refractivity contribution >= 4 is 45.2 Å². The van der Waals surface area contributed by atoms with Gasteiger partial charge in [0.15, 0.2) is 0 Å². The highest BCUT2D eigenvalue weighted by atomic mass is 32.1. The molecule has 0 saturated heterocycles. The molecule has 1 amide bonds. The highest BCUT2D eigenvalue weighted by Gasteiger charge is 2.16. The number of nitrogens with one attached hydrogen (secondary N) is 1. The number of ether oxygens (including phenoxy) is 1. The van der Waals surface area contributed by atoms with Crippen LogP contribution < -0.4 is 5.43 Å². The van der Waals surface area contributed by atoms with E-state index in [2.05, 4.69) is 10.5 Å². The van der Waals surface area contributed by atoms with Crippen LogP contribution in [-0.4, -0.2) is 34.7 Å². The molecule has 0 aliphatic carbocycles. The van der Waals surface area contributed by atoms with E-state index in [0.717, 1.165) is 32.9 Å². The van der Waals surface area contributed by atoms with Crippen LogP contribution in [0.15, 0.2) is 53.6 Å². The Hall–Kier alpha value is -4.31. The number of aromatic nitrogens is 1. The summed E-state index contributed by atoms with van der Waals surface area (Å²) >= 11 is 1.24. The lowest BCUT2D eigenvalue weighted by Gasteiger charge is -2.14. The first-order chi connectivity index (χ1) is 16.7. The van der Waals surface area contributed by atoms with Gasteiger partial charge in [-0.25, -0.2) is 10.2 Å². The van der Waals surface area contributed by atoms with E-state index in [4.69, 9.17) is 4.74 Å². The third kappa shape index (κ3) is 4.69. The predicted octanol–water partition coefficient (Wildman–Crippen LogP) is 5.08. The van der Waals surface area contributed by atoms with Gasteiger partial charge in [0.25, 0.3) is 11.6 Å². The fourth-order valence-electron chi connectivity index (χ4n) is 3.86. The summed E-state index contributed by atoms with van der Waals surface area (Å²) in [6.07, 6.45) is 1.56. The number of amides is 1. The van der Waals surface area contributed by atoms with Gasteiger partial charge in [-0.2, -0.15) is 5.10 Å². The van der Waals surface area contributed by atoms with Crippen molar-refractivity contribution in [1.29, 1.82) is 0 Å². The number of fused-ring (bicyclic) bond motifs is 1. The number of nitrogens with zero attached hydrogens (tertiary/aromatic N) is 3. The molecule has 2 heterocycles. The van der Waals surface area contributed by atoms with Gasteiger partial charge in [0.1, 0.15) is 0 Å². The summed E-state index contributed by atoms with van der Waals surface area (Å²) in [5.41, 5.74) is 7.42. The highest BCUT2D eigenvalue weighted by Crippen LogP contribution is 2.29. The van der Waals surface area contributed by atoms with Crippen LogP contribution in [0.25, 0.3) is 15.8 Å². The predicted molar refractivity (Wildman–Crippen MR) is 135 cm³/mol. The second-order valence-electron chi connectivity index (χ2n) is 7.94. The smallest absolute Gasteiger partial charge is 0.337 e. The zero-order valence-electron chi connectivity index (χ0n) is 19.5. The number of hydrazone groups is 1. The molecule has 4 rings (SSSR count). The first-order valence-corrected chi connectivity index (χ1v) is 11.4. The standard InChI is InChI=1S/C25H22N4O5S/c1-14-5-6-17(25(31)34-4)11-21(14)28-15(2)9-19(16(28)3)13-26-27-24(30)23-12-18-10-20(29(32)33)7-8-22(18)35-23/h5-13H,1-4H3,(H,27,30)/b26-13-. The number of carbonyl (C=O) groups is 2. The summed E-state index contributed by atoms with van der Waals surface area (Å²) in [6.45, 7) is 5.84. The molecule has 0 atom stereocenters. The average molecular weight is 491 g/mol. The van der Waals surface area contributed by atoms with E-state index in [1.807, 2.05) is 37.5 Å². The third-order valence-corrected chi connectivity index (χ3v) is 6.76. The van der Waals surface area contributed by atoms with Crippen molar-refractivity contribution in [3.8, 4) is 5.69 Å². The van der Waals surface area contributed by atoms with Crippen LogP contribution in [0.2, 0.25) is 0 Å². The van der Waals surface area contributed by atoms with Crippen LogP contribution in [-0.2, 0) is 4.74 Å². The Labute approximate surface area is 204 Å². The molecule has 0 aliphatic heterocycles. The summed E-state index contributed by atoms with van der Waals surface area (Å²) in [5.74, 6) is -0.811. The van der Waals surface area contributed by atoms with Crippen LogP contribution in [0.1, 0.15) is 42.5 Å². The van der Waals surface area contributed by atoms with E-state index in [-0.39, 0.29) is 5.69 Å². The topological polar surface area (TPSA) is 116 Å². The molecule has 35 heavy (non-hydrogen) atoms. The Morgan fingerprint density at radius 3 is 2.60 bits per heavy atom. The van der Waals surface area contributed by atoms with Gasteiger partial charge in [-0.15, -0.1) is 11.3 Å².